The third kappa shape index (κ3) is 2.45. The molecule has 88 valence electrons. The van der Waals surface area contributed by atoms with Crippen molar-refractivity contribution in [2.45, 2.75) is 12.1 Å². The zero-order valence-corrected chi connectivity index (χ0v) is 9.44. The van der Waals surface area contributed by atoms with Crippen LogP contribution < -0.4 is 11.1 Å². The number of rotatable bonds is 2. The molecule has 1 aromatic rings. The molecule has 0 bridgehead atoms. The highest BCUT2D eigenvalue weighted by molar-refractivity contribution is 7.91. The van der Waals surface area contributed by atoms with E-state index in [0.717, 1.165) is 5.69 Å². The lowest BCUT2D eigenvalue weighted by atomic mass is 10.2. The van der Waals surface area contributed by atoms with E-state index in [9.17, 15) is 13.5 Å². The predicted molar refractivity (Wildman–Crippen MR) is 62.9 cm³/mol. The minimum atomic E-state index is -3.12. The molecule has 1 fully saturated rings. The Morgan fingerprint density at radius 3 is 2.69 bits per heavy atom. The average molecular weight is 242 g/mol. The first kappa shape index (κ1) is 11.2. The molecule has 0 spiro atoms. The molecule has 1 heterocycles. The van der Waals surface area contributed by atoms with Crippen LogP contribution in [-0.2, 0) is 9.84 Å². The number of benzene rings is 1. The van der Waals surface area contributed by atoms with Crippen molar-refractivity contribution in [3.8, 4) is 0 Å². The van der Waals surface area contributed by atoms with Crippen LogP contribution in [-0.4, -0.2) is 37.2 Å². The highest BCUT2D eigenvalue weighted by Crippen LogP contribution is 2.19. The van der Waals surface area contributed by atoms with Gasteiger partial charge in [0.15, 0.2) is 9.84 Å². The first-order valence-corrected chi connectivity index (χ1v) is 6.79. The normalized spacial score (nSPS) is 27.8. The standard InChI is InChI=1S/C10H14N2O3S/c11-7-2-1-3-8(4-7)12-9-5-16(14,15)6-10(9)13/h1-4,9-10,12-13H,5-6,11H2. The molecule has 1 aliphatic heterocycles. The number of aliphatic hydroxyl groups is 1. The minimum Gasteiger partial charge on any atom is -0.399 e. The fourth-order valence-electron chi connectivity index (χ4n) is 1.81. The lowest BCUT2D eigenvalue weighted by Gasteiger charge is -2.16. The Labute approximate surface area is 94.2 Å². The van der Waals surface area contributed by atoms with Gasteiger partial charge in [-0.3, -0.25) is 0 Å². The van der Waals surface area contributed by atoms with E-state index in [-0.39, 0.29) is 11.5 Å². The Morgan fingerprint density at radius 2 is 2.12 bits per heavy atom. The molecule has 4 N–H and O–H groups in total. The van der Waals surface area contributed by atoms with Crippen LogP contribution in [0.25, 0.3) is 0 Å². The third-order valence-corrected chi connectivity index (χ3v) is 4.28. The molecule has 6 heteroatoms. The number of anilines is 2. The van der Waals surface area contributed by atoms with Gasteiger partial charge in [0.05, 0.1) is 23.7 Å². The lowest BCUT2D eigenvalue weighted by molar-refractivity contribution is 0.190. The zero-order chi connectivity index (χ0) is 11.8. The van der Waals surface area contributed by atoms with Crippen LogP contribution in [0, 0.1) is 0 Å². The van der Waals surface area contributed by atoms with Gasteiger partial charge >= 0.3 is 0 Å². The van der Waals surface area contributed by atoms with E-state index < -0.39 is 22.0 Å². The zero-order valence-electron chi connectivity index (χ0n) is 8.63. The third-order valence-electron chi connectivity index (χ3n) is 2.56. The molecule has 2 rings (SSSR count). The Bertz CT molecular complexity index is 487. The number of hydrogen-bond donors (Lipinski definition) is 3. The van der Waals surface area contributed by atoms with E-state index >= 15 is 0 Å². The molecule has 0 radical (unpaired) electrons. The van der Waals surface area contributed by atoms with Crippen molar-refractivity contribution in [2.24, 2.45) is 0 Å². The number of aliphatic hydroxyl groups excluding tert-OH is 1. The number of hydrogen-bond acceptors (Lipinski definition) is 5. The SMILES string of the molecule is Nc1cccc(NC2CS(=O)(=O)CC2O)c1. The van der Waals surface area contributed by atoms with Crippen molar-refractivity contribution < 1.29 is 13.5 Å². The molecule has 0 aliphatic carbocycles. The van der Waals surface area contributed by atoms with Crippen LogP contribution in [0.1, 0.15) is 0 Å². The highest BCUT2D eigenvalue weighted by atomic mass is 32.2. The first-order valence-electron chi connectivity index (χ1n) is 4.97. The quantitative estimate of drug-likeness (QED) is 0.627. The van der Waals surface area contributed by atoms with Gasteiger partial charge in [0.1, 0.15) is 0 Å². The summed E-state index contributed by atoms with van der Waals surface area (Å²) < 4.78 is 22.6. The first-order chi connectivity index (χ1) is 7.46. The van der Waals surface area contributed by atoms with Crippen molar-refractivity contribution in [2.75, 3.05) is 22.6 Å². The summed E-state index contributed by atoms with van der Waals surface area (Å²) in [7, 11) is -3.12. The summed E-state index contributed by atoms with van der Waals surface area (Å²) in [5.74, 6) is -0.212. The Balaban J connectivity index is 2.11. The Hall–Kier alpha value is -1.27. The maximum absolute atomic E-state index is 11.3. The summed E-state index contributed by atoms with van der Waals surface area (Å²) in [6.07, 6.45) is -0.855. The van der Waals surface area contributed by atoms with Gasteiger partial charge in [0.25, 0.3) is 0 Å². The molecule has 1 aromatic carbocycles. The molecule has 2 atom stereocenters. The van der Waals surface area contributed by atoms with Crippen LogP contribution in [0.5, 0.6) is 0 Å². The second-order valence-electron chi connectivity index (χ2n) is 4.02. The van der Waals surface area contributed by atoms with E-state index in [1.807, 2.05) is 0 Å². The molecule has 16 heavy (non-hydrogen) atoms. The van der Waals surface area contributed by atoms with Crippen molar-refractivity contribution in [3.63, 3.8) is 0 Å². The van der Waals surface area contributed by atoms with Crippen LogP contribution >= 0.6 is 0 Å². The molecule has 0 amide bonds. The van der Waals surface area contributed by atoms with E-state index in [2.05, 4.69) is 5.32 Å². The van der Waals surface area contributed by atoms with Gasteiger partial charge in [-0.2, -0.15) is 0 Å². The molecule has 2 unspecified atom stereocenters. The van der Waals surface area contributed by atoms with Gasteiger partial charge in [0, 0.05) is 11.4 Å². The van der Waals surface area contributed by atoms with Gasteiger partial charge in [-0.1, -0.05) is 6.07 Å². The number of sulfone groups is 1. The summed E-state index contributed by atoms with van der Waals surface area (Å²) in [5, 5.41) is 12.6. The topological polar surface area (TPSA) is 92.4 Å². The van der Waals surface area contributed by atoms with Gasteiger partial charge in [-0.15, -0.1) is 0 Å². The number of nitrogen functional groups attached to an aromatic ring is 1. The van der Waals surface area contributed by atoms with Crippen LogP contribution in [0.2, 0.25) is 0 Å². The van der Waals surface area contributed by atoms with Crippen molar-refractivity contribution in [1.29, 1.82) is 0 Å². The van der Waals surface area contributed by atoms with Crippen molar-refractivity contribution >= 4 is 21.2 Å². The van der Waals surface area contributed by atoms with Crippen molar-refractivity contribution in [1.82, 2.24) is 0 Å². The smallest absolute Gasteiger partial charge is 0.155 e. The summed E-state index contributed by atoms with van der Waals surface area (Å²) in [5.41, 5.74) is 6.92. The van der Waals surface area contributed by atoms with Crippen LogP contribution in [0.4, 0.5) is 11.4 Å². The monoisotopic (exact) mass is 242 g/mol. The summed E-state index contributed by atoms with van der Waals surface area (Å²) in [4.78, 5) is 0. The molecule has 5 nitrogen and oxygen atoms in total. The van der Waals surface area contributed by atoms with Gasteiger partial charge in [-0.05, 0) is 18.2 Å². The van der Waals surface area contributed by atoms with Crippen molar-refractivity contribution in [3.05, 3.63) is 24.3 Å². The predicted octanol–water partition coefficient (Wildman–Crippen LogP) is -0.161. The van der Waals surface area contributed by atoms with E-state index in [1.165, 1.54) is 0 Å². The Kier molecular flexibility index (Phi) is 2.77. The molecule has 0 aromatic heterocycles. The van der Waals surface area contributed by atoms with Gasteiger partial charge < -0.3 is 16.2 Å². The minimum absolute atomic E-state index is 0.0387. The highest BCUT2D eigenvalue weighted by Gasteiger charge is 2.36. The van der Waals surface area contributed by atoms with E-state index in [4.69, 9.17) is 5.73 Å². The fourth-order valence-corrected chi connectivity index (χ4v) is 3.55. The van der Waals surface area contributed by atoms with Gasteiger partial charge in [0.2, 0.25) is 0 Å². The molecule has 1 aliphatic rings. The van der Waals surface area contributed by atoms with E-state index in [1.54, 1.807) is 24.3 Å². The number of nitrogens with one attached hydrogen (secondary N) is 1. The summed E-state index contributed by atoms with van der Waals surface area (Å²) in [6.45, 7) is 0. The second kappa shape index (κ2) is 3.95. The number of nitrogens with two attached hydrogens (primary N) is 1. The molecular weight excluding hydrogens is 228 g/mol. The molecule has 0 saturated carbocycles. The molecular formula is C10H14N2O3S. The fraction of sp³-hybridized carbons (Fsp3) is 0.400. The second-order valence-corrected chi connectivity index (χ2v) is 6.17. The summed E-state index contributed by atoms with van der Waals surface area (Å²) in [6, 6.07) is 6.55. The maximum Gasteiger partial charge on any atom is 0.155 e. The van der Waals surface area contributed by atoms with Gasteiger partial charge in [-0.25, -0.2) is 8.42 Å². The van der Waals surface area contributed by atoms with E-state index in [0.29, 0.717) is 5.69 Å². The largest absolute Gasteiger partial charge is 0.399 e. The lowest BCUT2D eigenvalue weighted by Crippen LogP contribution is -2.31. The van der Waals surface area contributed by atoms with Crippen LogP contribution in [0.15, 0.2) is 24.3 Å². The Morgan fingerprint density at radius 1 is 1.38 bits per heavy atom. The van der Waals surface area contributed by atoms with Crippen LogP contribution in [0.3, 0.4) is 0 Å². The summed E-state index contributed by atoms with van der Waals surface area (Å²) >= 11 is 0. The molecule has 1 saturated heterocycles. The maximum atomic E-state index is 11.3. The average Bonchev–Trinajstić information content (AvgIpc) is 2.39.